The Labute approximate surface area is 219 Å². The number of allylic oxidation sites excluding steroid dienone is 1. The van der Waals surface area contributed by atoms with Crippen molar-refractivity contribution in [3.05, 3.63) is 83.2 Å². The van der Waals surface area contributed by atoms with Crippen LogP contribution in [0.1, 0.15) is 43.7 Å². The lowest BCUT2D eigenvalue weighted by Crippen LogP contribution is -2.30. The zero-order valence-corrected chi connectivity index (χ0v) is 20.8. The summed E-state index contributed by atoms with van der Waals surface area (Å²) in [5.41, 5.74) is -1.70. The zero-order chi connectivity index (χ0) is 28.6. The lowest BCUT2D eigenvalue weighted by molar-refractivity contribution is -0.189. The van der Waals surface area contributed by atoms with Gasteiger partial charge in [0.15, 0.2) is 29.9 Å². The molecular weight excluding hydrogens is 540 g/mol. The number of aryl methyl sites for hydroxylation is 1. The predicted octanol–water partition coefficient (Wildman–Crippen LogP) is 8.16. The first-order valence-electron chi connectivity index (χ1n) is 12.1. The van der Waals surface area contributed by atoms with Crippen molar-refractivity contribution in [1.29, 1.82) is 0 Å². The van der Waals surface area contributed by atoms with Crippen LogP contribution in [-0.2, 0) is 22.0 Å². The lowest BCUT2D eigenvalue weighted by Gasteiger charge is -2.27. The van der Waals surface area contributed by atoms with E-state index in [1.54, 1.807) is 12.2 Å². The molecule has 12 heteroatoms. The number of hydrogen-bond donors (Lipinski definition) is 0. The van der Waals surface area contributed by atoms with E-state index in [2.05, 4.69) is 16.4 Å². The van der Waals surface area contributed by atoms with Crippen LogP contribution in [0.5, 0.6) is 11.5 Å². The predicted molar refractivity (Wildman–Crippen MR) is 124 cm³/mol. The third-order valence-electron chi connectivity index (χ3n) is 5.73. The average Bonchev–Trinajstić information content (AvgIpc) is 2.84. The minimum Gasteiger partial charge on any atom is -0.453 e. The van der Waals surface area contributed by atoms with Gasteiger partial charge in [-0.05, 0) is 43.0 Å². The second-order valence-electron chi connectivity index (χ2n) is 8.80. The largest absolute Gasteiger partial charge is 0.453 e. The van der Waals surface area contributed by atoms with Crippen LogP contribution in [0.25, 0.3) is 0 Å². The minimum atomic E-state index is -4.68. The highest BCUT2D eigenvalue weighted by atomic mass is 19.3. The number of hydrogen-bond acceptors (Lipinski definition) is 4. The summed E-state index contributed by atoms with van der Waals surface area (Å²) in [6, 6.07) is 1.78. The monoisotopic (exact) mass is 566 g/mol. The third-order valence-corrected chi connectivity index (χ3v) is 5.73. The van der Waals surface area contributed by atoms with Crippen molar-refractivity contribution in [2.45, 2.75) is 51.4 Å². The molecule has 0 amide bonds. The van der Waals surface area contributed by atoms with Crippen molar-refractivity contribution in [1.82, 2.24) is 0 Å². The molecule has 0 bridgehead atoms. The van der Waals surface area contributed by atoms with E-state index in [-0.39, 0.29) is 30.4 Å². The van der Waals surface area contributed by atoms with Crippen LogP contribution < -0.4 is 9.47 Å². The summed E-state index contributed by atoms with van der Waals surface area (Å²) >= 11 is 0. The number of unbranched alkanes of at least 4 members (excludes halogenated alkanes) is 1. The molecule has 3 rings (SSSR count). The van der Waals surface area contributed by atoms with Crippen molar-refractivity contribution in [3.63, 3.8) is 0 Å². The van der Waals surface area contributed by atoms with Gasteiger partial charge >= 0.3 is 12.2 Å². The van der Waals surface area contributed by atoms with E-state index < -0.39 is 58.8 Å². The fourth-order valence-corrected chi connectivity index (χ4v) is 3.84. The lowest BCUT2D eigenvalue weighted by atomic mass is 10.0. The van der Waals surface area contributed by atoms with Gasteiger partial charge < -0.3 is 18.9 Å². The van der Waals surface area contributed by atoms with Gasteiger partial charge in [0.05, 0.1) is 13.2 Å². The number of rotatable bonds is 12. The van der Waals surface area contributed by atoms with Crippen LogP contribution in [0.2, 0.25) is 0 Å². The Morgan fingerprint density at radius 2 is 1.59 bits per heavy atom. The van der Waals surface area contributed by atoms with Crippen molar-refractivity contribution >= 4 is 0 Å². The molecule has 0 N–H and O–H groups in total. The quantitative estimate of drug-likeness (QED) is 0.148. The van der Waals surface area contributed by atoms with Gasteiger partial charge in [-0.15, -0.1) is 0 Å². The van der Waals surface area contributed by atoms with Gasteiger partial charge in [0.1, 0.15) is 22.9 Å². The van der Waals surface area contributed by atoms with Gasteiger partial charge in [0, 0.05) is 18.1 Å². The summed E-state index contributed by atoms with van der Waals surface area (Å²) in [5.74, 6) is -8.74. The zero-order valence-electron chi connectivity index (χ0n) is 20.8. The van der Waals surface area contributed by atoms with Crippen LogP contribution in [0.4, 0.5) is 35.1 Å². The van der Waals surface area contributed by atoms with Crippen LogP contribution in [-0.4, -0.2) is 19.5 Å². The van der Waals surface area contributed by atoms with Crippen molar-refractivity contribution < 1.29 is 54.1 Å². The summed E-state index contributed by atoms with van der Waals surface area (Å²) in [6.07, 6.45) is -0.931. The SMILES string of the molecule is CCCCC1COC(C=CCCc2cc(F)c(C(F)(F)Oc3cc(F)c(OC=C(F)F)c(F)c3)c(F)c2)OC1. The molecule has 39 heavy (non-hydrogen) atoms. The molecular formula is C27H26F8O4. The average molecular weight is 566 g/mol. The van der Waals surface area contributed by atoms with Gasteiger partial charge in [-0.2, -0.15) is 17.6 Å². The molecule has 0 aromatic heterocycles. The van der Waals surface area contributed by atoms with Gasteiger partial charge in [-0.3, -0.25) is 0 Å². The molecule has 0 aliphatic carbocycles. The molecule has 0 atom stereocenters. The molecule has 1 heterocycles. The second-order valence-corrected chi connectivity index (χ2v) is 8.80. The summed E-state index contributed by atoms with van der Waals surface area (Å²) in [5, 5.41) is 0. The Balaban J connectivity index is 1.61. The first kappa shape index (κ1) is 30.4. The van der Waals surface area contributed by atoms with E-state index in [0.29, 0.717) is 37.7 Å². The molecule has 0 spiro atoms. The van der Waals surface area contributed by atoms with E-state index in [0.717, 1.165) is 19.3 Å². The van der Waals surface area contributed by atoms with Crippen LogP contribution >= 0.6 is 0 Å². The maximum atomic E-state index is 14.6. The standard InChI is InChI=1S/C27H26F8O4/c1-2-3-6-17-13-36-24(37-14-17)8-5-4-7-16-9-19(28)25(20(29)10-16)27(34,35)39-18-11-21(30)26(22(31)12-18)38-15-23(32)33/h5,8-12,15,17,24H,2-4,6-7,13-14H2,1H3. The fraction of sp³-hybridized carbons (Fsp3) is 0.407. The van der Waals surface area contributed by atoms with E-state index >= 15 is 0 Å². The van der Waals surface area contributed by atoms with Crippen molar-refractivity contribution in [2.24, 2.45) is 5.92 Å². The highest BCUT2D eigenvalue weighted by Gasteiger charge is 2.41. The van der Waals surface area contributed by atoms with E-state index in [1.165, 1.54) is 0 Å². The molecule has 0 radical (unpaired) electrons. The molecule has 2 aromatic rings. The Morgan fingerprint density at radius 3 is 2.15 bits per heavy atom. The third kappa shape index (κ3) is 8.69. The van der Waals surface area contributed by atoms with Gasteiger partial charge in [0.25, 0.3) is 0 Å². The molecule has 4 nitrogen and oxygen atoms in total. The summed E-state index contributed by atoms with van der Waals surface area (Å²) < 4.78 is 130. The van der Waals surface area contributed by atoms with Crippen molar-refractivity contribution in [3.8, 4) is 11.5 Å². The fourth-order valence-electron chi connectivity index (χ4n) is 3.84. The topological polar surface area (TPSA) is 36.9 Å². The number of alkyl halides is 2. The smallest absolute Gasteiger partial charge is 0.432 e. The highest BCUT2D eigenvalue weighted by molar-refractivity contribution is 5.36. The normalized spacial score (nSPS) is 17.9. The van der Waals surface area contributed by atoms with Gasteiger partial charge in [-0.25, -0.2) is 17.6 Å². The Morgan fingerprint density at radius 1 is 0.974 bits per heavy atom. The van der Waals surface area contributed by atoms with Gasteiger partial charge in [-0.1, -0.05) is 25.8 Å². The molecule has 1 aliphatic heterocycles. The van der Waals surface area contributed by atoms with Gasteiger partial charge in [0.2, 0.25) is 0 Å². The maximum Gasteiger partial charge on any atom is 0.432 e. The summed E-state index contributed by atoms with van der Waals surface area (Å²) in [4.78, 5) is 0. The molecule has 214 valence electrons. The highest BCUT2D eigenvalue weighted by Crippen LogP contribution is 2.37. The van der Waals surface area contributed by atoms with Crippen LogP contribution in [0.15, 0.2) is 48.8 Å². The Kier molecular flexibility index (Phi) is 10.8. The molecule has 1 aliphatic rings. The Bertz CT molecular complexity index is 1130. The maximum absolute atomic E-state index is 14.6. The summed E-state index contributed by atoms with van der Waals surface area (Å²) in [7, 11) is 0. The number of benzene rings is 2. The summed E-state index contributed by atoms with van der Waals surface area (Å²) in [6.45, 7) is 3.23. The molecule has 0 saturated carbocycles. The Hall–Kier alpha value is -3.12. The van der Waals surface area contributed by atoms with E-state index in [4.69, 9.17) is 9.47 Å². The first-order valence-corrected chi connectivity index (χ1v) is 12.1. The second kappa shape index (κ2) is 13.8. The van der Waals surface area contributed by atoms with Crippen molar-refractivity contribution in [2.75, 3.05) is 13.2 Å². The van der Waals surface area contributed by atoms with E-state index in [1.807, 2.05) is 0 Å². The molecule has 2 aromatic carbocycles. The molecule has 1 saturated heterocycles. The first-order chi connectivity index (χ1) is 18.5. The molecule has 1 fully saturated rings. The number of halogens is 8. The molecule has 0 unspecified atom stereocenters. The number of ether oxygens (including phenoxy) is 4. The van der Waals surface area contributed by atoms with Crippen LogP contribution in [0.3, 0.4) is 0 Å². The minimum absolute atomic E-state index is 0.0750. The van der Waals surface area contributed by atoms with Crippen LogP contribution in [0, 0.1) is 29.2 Å². The van der Waals surface area contributed by atoms with E-state index in [9.17, 15) is 35.1 Å².